The maximum absolute atomic E-state index is 12.4. The van der Waals surface area contributed by atoms with Gasteiger partial charge in [0, 0.05) is 6.54 Å². The fourth-order valence-corrected chi connectivity index (χ4v) is 3.38. The van der Waals surface area contributed by atoms with Crippen LogP contribution in [0.3, 0.4) is 0 Å². The molecule has 0 aliphatic carbocycles. The summed E-state index contributed by atoms with van der Waals surface area (Å²) in [5, 5.41) is 0. The lowest BCUT2D eigenvalue weighted by Crippen LogP contribution is -2.23. The lowest BCUT2D eigenvalue weighted by atomic mass is 10.2. The number of aryl methyl sites for hydroxylation is 1. The molecule has 0 heterocycles. The van der Waals surface area contributed by atoms with E-state index in [9.17, 15) is 8.42 Å². The maximum atomic E-state index is 12.4. The number of ether oxygens (including phenoxy) is 2. The molecule has 2 aromatic carbocycles. The molecule has 0 saturated heterocycles. The second-order valence-corrected chi connectivity index (χ2v) is 7.54. The van der Waals surface area contributed by atoms with Crippen molar-refractivity contribution in [3.05, 3.63) is 53.6 Å². The van der Waals surface area contributed by atoms with Crippen molar-refractivity contribution in [3.63, 3.8) is 0 Å². The number of hydrogen-bond donors (Lipinski definition) is 1. The molecule has 0 unspecified atom stereocenters. The van der Waals surface area contributed by atoms with Gasteiger partial charge in [-0.05, 0) is 62.2 Å². The van der Waals surface area contributed by atoms with E-state index < -0.39 is 10.0 Å². The smallest absolute Gasteiger partial charge is 0.240 e. The maximum Gasteiger partial charge on any atom is 0.240 e. The molecule has 0 radical (unpaired) electrons. The van der Waals surface area contributed by atoms with E-state index in [-0.39, 0.29) is 17.5 Å². The molecular weight excluding hydrogens is 326 g/mol. The van der Waals surface area contributed by atoms with Crippen LogP contribution in [0.15, 0.2) is 47.4 Å². The van der Waals surface area contributed by atoms with Crippen LogP contribution in [0, 0.1) is 6.92 Å². The average Bonchev–Trinajstić information content (AvgIpc) is 2.53. The molecule has 0 aliphatic heterocycles. The molecule has 6 heteroatoms. The van der Waals surface area contributed by atoms with Gasteiger partial charge in [-0.1, -0.05) is 12.1 Å². The van der Waals surface area contributed by atoms with Crippen LogP contribution in [0.1, 0.15) is 25.0 Å². The van der Waals surface area contributed by atoms with Crippen LogP contribution < -0.4 is 14.2 Å². The fourth-order valence-electron chi connectivity index (χ4n) is 2.28. The van der Waals surface area contributed by atoms with Crippen LogP contribution in [-0.4, -0.2) is 21.6 Å². The van der Waals surface area contributed by atoms with Gasteiger partial charge in [0.15, 0.2) is 0 Å². The number of hydrogen-bond acceptors (Lipinski definition) is 4. The Morgan fingerprint density at radius 1 is 1.12 bits per heavy atom. The van der Waals surface area contributed by atoms with Crippen molar-refractivity contribution >= 4 is 10.0 Å². The normalized spacial score (nSPS) is 11.5. The van der Waals surface area contributed by atoms with Crippen LogP contribution in [0.4, 0.5) is 0 Å². The van der Waals surface area contributed by atoms with Crippen molar-refractivity contribution in [3.8, 4) is 11.5 Å². The number of methoxy groups -OCH3 is 1. The van der Waals surface area contributed by atoms with Crippen molar-refractivity contribution in [2.75, 3.05) is 7.11 Å². The SMILES string of the molecule is COc1ccc(S(=O)(=O)NCc2cccc(OC(C)C)c2)cc1C. The largest absolute Gasteiger partial charge is 0.496 e. The highest BCUT2D eigenvalue weighted by atomic mass is 32.2. The van der Waals surface area contributed by atoms with E-state index >= 15 is 0 Å². The van der Waals surface area contributed by atoms with Gasteiger partial charge < -0.3 is 9.47 Å². The van der Waals surface area contributed by atoms with E-state index in [0.717, 1.165) is 16.9 Å². The quantitative estimate of drug-likeness (QED) is 0.833. The molecule has 0 aliphatic rings. The third-order valence-corrected chi connectivity index (χ3v) is 4.81. The zero-order chi connectivity index (χ0) is 17.7. The molecule has 0 atom stereocenters. The Morgan fingerprint density at radius 2 is 1.88 bits per heavy atom. The molecule has 0 spiro atoms. The molecule has 0 aromatic heterocycles. The first kappa shape index (κ1) is 18.3. The van der Waals surface area contributed by atoms with Crippen LogP contribution in [0.2, 0.25) is 0 Å². The number of nitrogens with one attached hydrogen (secondary N) is 1. The Labute approximate surface area is 143 Å². The third kappa shape index (κ3) is 4.72. The number of sulfonamides is 1. The minimum Gasteiger partial charge on any atom is -0.496 e. The van der Waals surface area contributed by atoms with Gasteiger partial charge in [0.1, 0.15) is 11.5 Å². The molecule has 1 N–H and O–H groups in total. The summed E-state index contributed by atoms with van der Waals surface area (Å²) in [5.41, 5.74) is 1.61. The minimum absolute atomic E-state index is 0.0687. The first-order valence-corrected chi connectivity index (χ1v) is 9.20. The van der Waals surface area contributed by atoms with E-state index in [4.69, 9.17) is 9.47 Å². The predicted molar refractivity (Wildman–Crippen MR) is 94.0 cm³/mol. The van der Waals surface area contributed by atoms with Crippen molar-refractivity contribution in [1.82, 2.24) is 4.72 Å². The topological polar surface area (TPSA) is 64.6 Å². The number of benzene rings is 2. The van der Waals surface area contributed by atoms with Gasteiger partial charge in [-0.2, -0.15) is 0 Å². The molecule has 0 fully saturated rings. The molecule has 24 heavy (non-hydrogen) atoms. The highest BCUT2D eigenvalue weighted by Crippen LogP contribution is 2.21. The number of rotatable bonds is 7. The molecule has 5 nitrogen and oxygen atoms in total. The van der Waals surface area contributed by atoms with E-state index in [1.54, 1.807) is 19.2 Å². The lowest BCUT2D eigenvalue weighted by Gasteiger charge is -2.12. The monoisotopic (exact) mass is 349 g/mol. The van der Waals surface area contributed by atoms with Gasteiger partial charge in [0.2, 0.25) is 10.0 Å². The lowest BCUT2D eigenvalue weighted by molar-refractivity contribution is 0.242. The van der Waals surface area contributed by atoms with E-state index in [1.807, 2.05) is 45.0 Å². The molecule has 2 rings (SSSR count). The molecule has 0 bridgehead atoms. The van der Waals surface area contributed by atoms with Crippen LogP contribution in [0.25, 0.3) is 0 Å². The van der Waals surface area contributed by atoms with Crippen molar-refractivity contribution < 1.29 is 17.9 Å². The second-order valence-electron chi connectivity index (χ2n) is 5.77. The van der Waals surface area contributed by atoms with Gasteiger partial charge in [-0.3, -0.25) is 0 Å². The summed E-state index contributed by atoms with van der Waals surface area (Å²) in [6.45, 7) is 5.90. The molecule has 0 amide bonds. The highest BCUT2D eigenvalue weighted by molar-refractivity contribution is 7.89. The Morgan fingerprint density at radius 3 is 2.50 bits per heavy atom. The zero-order valence-corrected chi connectivity index (χ0v) is 15.2. The molecular formula is C18H23NO4S. The Kier molecular flexibility index (Phi) is 5.85. The Bertz CT molecular complexity index is 800. The predicted octanol–water partition coefficient (Wildman–Crippen LogP) is 3.27. The third-order valence-electron chi connectivity index (χ3n) is 3.41. The molecule has 0 saturated carbocycles. The van der Waals surface area contributed by atoms with Crippen LogP contribution in [0.5, 0.6) is 11.5 Å². The van der Waals surface area contributed by atoms with E-state index in [1.165, 1.54) is 6.07 Å². The van der Waals surface area contributed by atoms with E-state index in [0.29, 0.717) is 5.75 Å². The summed E-state index contributed by atoms with van der Waals surface area (Å²) in [7, 11) is -2.03. The molecule has 130 valence electrons. The highest BCUT2D eigenvalue weighted by Gasteiger charge is 2.15. The summed E-state index contributed by atoms with van der Waals surface area (Å²) >= 11 is 0. The first-order chi connectivity index (χ1) is 11.3. The minimum atomic E-state index is -3.59. The Balaban J connectivity index is 2.11. The second kappa shape index (κ2) is 7.68. The van der Waals surface area contributed by atoms with Crippen LogP contribution >= 0.6 is 0 Å². The first-order valence-electron chi connectivity index (χ1n) is 7.71. The van der Waals surface area contributed by atoms with Crippen molar-refractivity contribution in [2.45, 2.75) is 38.3 Å². The van der Waals surface area contributed by atoms with Gasteiger partial charge in [-0.25, -0.2) is 13.1 Å². The van der Waals surface area contributed by atoms with Gasteiger partial charge in [0.05, 0.1) is 18.1 Å². The van der Waals surface area contributed by atoms with Gasteiger partial charge in [-0.15, -0.1) is 0 Å². The standard InChI is InChI=1S/C18H23NO4S/c1-13(2)23-16-7-5-6-15(11-16)12-19-24(20,21)17-8-9-18(22-4)14(3)10-17/h5-11,13,19H,12H2,1-4H3. The summed E-state index contributed by atoms with van der Waals surface area (Å²) in [4.78, 5) is 0.218. The summed E-state index contributed by atoms with van der Waals surface area (Å²) in [6.07, 6.45) is 0.0687. The van der Waals surface area contributed by atoms with Crippen LogP contribution in [-0.2, 0) is 16.6 Å². The van der Waals surface area contributed by atoms with Crippen molar-refractivity contribution in [2.24, 2.45) is 0 Å². The fraction of sp³-hybridized carbons (Fsp3) is 0.333. The summed E-state index contributed by atoms with van der Waals surface area (Å²) in [5.74, 6) is 1.38. The average molecular weight is 349 g/mol. The summed E-state index contributed by atoms with van der Waals surface area (Å²) in [6, 6.07) is 12.2. The van der Waals surface area contributed by atoms with Crippen molar-refractivity contribution in [1.29, 1.82) is 0 Å². The summed E-state index contributed by atoms with van der Waals surface area (Å²) < 4.78 is 38.3. The van der Waals surface area contributed by atoms with Gasteiger partial charge in [0.25, 0.3) is 0 Å². The van der Waals surface area contributed by atoms with E-state index in [2.05, 4.69) is 4.72 Å². The van der Waals surface area contributed by atoms with Gasteiger partial charge >= 0.3 is 0 Å². The molecule has 2 aromatic rings. The Hall–Kier alpha value is -2.05. The zero-order valence-electron chi connectivity index (χ0n) is 14.4.